The van der Waals surface area contributed by atoms with E-state index in [0.717, 1.165) is 19.6 Å². The van der Waals surface area contributed by atoms with Crippen LogP contribution in [0.15, 0.2) is 0 Å². The Hall–Kier alpha value is -0.610. The first kappa shape index (κ1) is 17.4. The van der Waals surface area contributed by atoms with Gasteiger partial charge in [-0.25, -0.2) is 0 Å². The molecule has 0 aromatic heterocycles. The highest BCUT2D eigenvalue weighted by atomic mass is 16.4. The summed E-state index contributed by atoms with van der Waals surface area (Å²) in [7, 11) is 4.10. The second-order valence-electron chi connectivity index (χ2n) is 5.40. The van der Waals surface area contributed by atoms with Crippen LogP contribution in [0.2, 0.25) is 0 Å². The number of likely N-dealkylation sites (N-methyl/N-ethyl adjacent to an activating group) is 1. The fourth-order valence-corrected chi connectivity index (χ4v) is 1.86. The van der Waals surface area contributed by atoms with Crippen molar-refractivity contribution in [3.8, 4) is 0 Å². The summed E-state index contributed by atoms with van der Waals surface area (Å²) < 4.78 is 0. The highest BCUT2D eigenvalue weighted by molar-refractivity contribution is 5.69. The van der Waals surface area contributed by atoms with Gasteiger partial charge in [0, 0.05) is 19.6 Å². The number of unbranched alkanes of at least 4 members (excludes halogenated alkanes) is 3. The van der Waals surface area contributed by atoms with Crippen molar-refractivity contribution in [3.05, 3.63) is 0 Å². The number of aliphatic carboxylic acids is 1. The van der Waals surface area contributed by atoms with Gasteiger partial charge in [0.1, 0.15) is 0 Å². The van der Waals surface area contributed by atoms with Crippen LogP contribution in [0, 0.1) is 5.92 Å². The third-order valence-electron chi connectivity index (χ3n) is 3.14. The van der Waals surface area contributed by atoms with E-state index in [4.69, 9.17) is 5.11 Å². The molecule has 0 saturated heterocycles. The van der Waals surface area contributed by atoms with E-state index in [2.05, 4.69) is 30.8 Å². The van der Waals surface area contributed by atoms with Crippen LogP contribution < -0.4 is 0 Å². The van der Waals surface area contributed by atoms with Gasteiger partial charge in [0.05, 0.1) is 5.92 Å². The molecule has 4 heteroatoms. The lowest BCUT2D eigenvalue weighted by Crippen LogP contribution is -2.37. The number of rotatable bonds is 11. The molecule has 0 rings (SSSR count). The summed E-state index contributed by atoms with van der Waals surface area (Å²) in [6.07, 6.45) is 4.93. The van der Waals surface area contributed by atoms with Crippen LogP contribution in [-0.4, -0.2) is 61.2 Å². The normalized spacial score (nSPS) is 13.2. The van der Waals surface area contributed by atoms with E-state index < -0.39 is 5.97 Å². The number of carbonyl (C=O) groups is 1. The van der Waals surface area contributed by atoms with Crippen molar-refractivity contribution >= 4 is 5.97 Å². The van der Waals surface area contributed by atoms with E-state index >= 15 is 0 Å². The Labute approximate surface area is 112 Å². The first-order valence-corrected chi connectivity index (χ1v) is 7.07. The van der Waals surface area contributed by atoms with Crippen molar-refractivity contribution in [2.75, 3.05) is 40.3 Å². The van der Waals surface area contributed by atoms with Crippen LogP contribution >= 0.6 is 0 Å². The van der Waals surface area contributed by atoms with Crippen LogP contribution in [0.1, 0.15) is 39.5 Å². The van der Waals surface area contributed by atoms with Gasteiger partial charge in [-0.15, -0.1) is 0 Å². The minimum atomic E-state index is -0.696. The predicted octanol–water partition coefficient (Wildman–Crippen LogP) is 2.15. The molecule has 0 bridgehead atoms. The average molecular weight is 258 g/mol. The Morgan fingerprint density at radius 1 is 1.11 bits per heavy atom. The standard InChI is InChI=1S/C14H30N2O2/c1-5-6-7-8-9-16(11-10-15(3)4)12-13(2)14(17)18/h13H,5-12H2,1-4H3,(H,17,18). The zero-order valence-electron chi connectivity index (χ0n) is 12.5. The van der Waals surface area contributed by atoms with E-state index in [-0.39, 0.29) is 5.92 Å². The largest absolute Gasteiger partial charge is 0.481 e. The van der Waals surface area contributed by atoms with Gasteiger partial charge in [-0.1, -0.05) is 33.1 Å². The molecule has 18 heavy (non-hydrogen) atoms. The summed E-state index contributed by atoms with van der Waals surface area (Å²) in [6.45, 7) is 7.62. The molecule has 0 fully saturated rings. The smallest absolute Gasteiger partial charge is 0.307 e. The zero-order valence-corrected chi connectivity index (χ0v) is 12.5. The first-order chi connectivity index (χ1) is 8.47. The van der Waals surface area contributed by atoms with Crippen molar-refractivity contribution in [2.45, 2.75) is 39.5 Å². The molecule has 0 aromatic carbocycles. The molecule has 0 aromatic rings. The van der Waals surface area contributed by atoms with E-state index in [1.165, 1.54) is 25.7 Å². The highest BCUT2D eigenvalue weighted by Crippen LogP contribution is 2.05. The number of carboxylic acid groups (broad SMARTS) is 1. The van der Waals surface area contributed by atoms with Crippen LogP contribution in [0.25, 0.3) is 0 Å². The van der Waals surface area contributed by atoms with Crippen molar-refractivity contribution < 1.29 is 9.90 Å². The number of nitrogens with zero attached hydrogens (tertiary/aromatic N) is 2. The zero-order chi connectivity index (χ0) is 14.0. The first-order valence-electron chi connectivity index (χ1n) is 7.07. The van der Waals surface area contributed by atoms with Gasteiger partial charge in [0.25, 0.3) is 0 Å². The van der Waals surface area contributed by atoms with E-state index in [1.807, 2.05) is 0 Å². The molecule has 1 atom stereocenters. The fourth-order valence-electron chi connectivity index (χ4n) is 1.86. The fraction of sp³-hybridized carbons (Fsp3) is 0.929. The molecule has 0 aliphatic rings. The highest BCUT2D eigenvalue weighted by Gasteiger charge is 2.15. The maximum Gasteiger partial charge on any atom is 0.307 e. The van der Waals surface area contributed by atoms with Gasteiger partial charge >= 0.3 is 5.97 Å². The molecule has 0 amide bonds. The lowest BCUT2D eigenvalue weighted by atomic mass is 10.1. The second kappa shape index (κ2) is 10.3. The summed E-state index contributed by atoms with van der Waals surface area (Å²) in [5.74, 6) is -0.975. The topological polar surface area (TPSA) is 43.8 Å². The lowest BCUT2D eigenvalue weighted by Gasteiger charge is -2.25. The molecule has 1 unspecified atom stereocenters. The molecule has 0 spiro atoms. The Morgan fingerprint density at radius 3 is 2.28 bits per heavy atom. The van der Waals surface area contributed by atoms with Crippen molar-refractivity contribution in [2.24, 2.45) is 5.92 Å². The third-order valence-corrected chi connectivity index (χ3v) is 3.14. The Balaban J connectivity index is 4.02. The van der Waals surface area contributed by atoms with Crippen LogP contribution in [0.4, 0.5) is 0 Å². The summed E-state index contributed by atoms with van der Waals surface area (Å²) in [4.78, 5) is 15.3. The average Bonchev–Trinajstić information content (AvgIpc) is 2.30. The van der Waals surface area contributed by atoms with Gasteiger partial charge < -0.3 is 14.9 Å². The molecule has 0 aliphatic heterocycles. The Morgan fingerprint density at radius 2 is 1.78 bits per heavy atom. The van der Waals surface area contributed by atoms with Gasteiger partial charge in [0.15, 0.2) is 0 Å². The molecule has 0 radical (unpaired) electrons. The Bertz CT molecular complexity index is 220. The molecular formula is C14H30N2O2. The molecule has 4 nitrogen and oxygen atoms in total. The van der Waals surface area contributed by atoms with Crippen LogP contribution in [-0.2, 0) is 4.79 Å². The quantitative estimate of drug-likeness (QED) is 0.577. The van der Waals surface area contributed by atoms with Crippen molar-refractivity contribution in [3.63, 3.8) is 0 Å². The summed E-state index contributed by atoms with van der Waals surface area (Å²) in [6, 6.07) is 0. The van der Waals surface area contributed by atoms with Gasteiger partial charge in [-0.05, 0) is 27.1 Å². The van der Waals surface area contributed by atoms with E-state index in [9.17, 15) is 4.79 Å². The van der Waals surface area contributed by atoms with E-state index in [0.29, 0.717) is 6.54 Å². The summed E-state index contributed by atoms with van der Waals surface area (Å²) in [5.41, 5.74) is 0. The summed E-state index contributed by atoms with van der Waals surface area (Å²) >= 11 is 0. The predicted molar refractivity (Wildman–Crippen MR) is 75.9 cm³/mol. The van der Waals surface area contributed by atoms with Gasteiger partial charge in [0.2, 0.25) is 0 Å². The third kappa shape index (κ3) is 9.42. The molecule has 0 saturated carbocycles. The van der Waals surface area contributed by atoms with Gasteiger partial charge in [-0.2, -0.15) is 0 Å². The van der Waals surface area contributed by atoms with Crippen molar-refractivity contribution in [1.82, 2.24) is 9.80 Å². The molecule has 108 valence electrons. The number of hydrogen-bond acceptors (Lipinski definition) is 3. The molecular weight excluding hydrogens is 228 g/mol. The number of carboxylic acids is 1. The van der Waals surface area contributed by atoms with E-state index in [1.54, 1.807) is 6.92 Å². The molecule has 1 N–H and O–H groups in total. The second-order valence-corrected chi connectivity index (χ2v) is 5.40. The van der Waals surface area contributed by atoms with Crippen molar-refractivity contribution in [1.29, 1.82) is 0 Å². The Kier molecular flexibility index (Phi) is 9.98. The van der Waals surface area contributed by atoms with Gasteiger partial charge in [-0.3, -0.25) is 4.79 Å². The minimum Gasteiger partial charge on any atom is -0.481 e. The minimum absolute atomic E-state index is 0.279. The van der Waals surface area contributed by atoms with Crippen LogP contribution in [0.5, 0.6) is 0 Å². The molecule has 0 aliphatic carbocycles. The maximum absolute atomic E-state index is 10.9. The summed E-state index contributed by atoms with van der Waals surface area (Å²) in [5, 5.41) is 8.98. The molecule has 0 heterocycles. The van der Waals surface area contributed by atoms with Crippen LogP contribution in [0.3, 0.4) is 0 Å². The SMILES string of the molecule is CCCCCCN(CCN(C)C)CC(C)C(=O)O. The lowest BCUT2D eigenvalue weighted by molar-refractivity contribution is -0.141. The monoisotopic (exact) mass is 258 g/mol. The maximum atomic E-state index is 10.9. The number of hydrogen-bond donors (Lipinski definition) is 1.